The number of nitrogens with one attached hydrogen (secondary N) is 2. The highest BCUT2D eigenvalue weighted by Gasteiger charge is 2.11. The van der Waals surface area contributed by atoms with E-state index in [0.717, 1.165) is 25.9 Å². The summed E-state index contributed by atoms with van der Waals surface area (Å²) in [6, 6.07) is -0.250. The van der Waals surface area contributed by atoms with Gasteiger partial charge in [-0.2, -0.15) is 0 Å². The van der Waals surface area contributed by atoms with E-state index in [1.807, 2.05) is 6.92 Å². The minimum absolute atomic E-state index is 0.0559. The standard InChI is InChI=1S/C13H27N2O4PS/c1-2-7-18-8-9-19-10-12(16)14-6-4-3-5-11(15-20)13(17)21/h11,15H,2-10,20H2,1H3,(H,14,16)(H,17,21). The lowest BCUT2D eigenvalue weighted by Crippen LogP contribution is -2.30. The maximum Gasteiger partial charge on any atom is 0.245 e. The summed E-state index contributed by atoms with van der Waals surface area (Å²) in [5.41, 5.74) is 0. The van der Waals surface area contributed by atoms with E-state index in [1.54, 1.807) is 0 Å². The molecule has 0 aliphatic carbocycles. The molecule has 0 aromatic carbocycles. The molecule has 21 heavy (non-hydrogen) atoms. The van der Waals surface area contributed by atoms with Crippen molar-refractivity contribution >= 4 is 33.0 Å². The summed E-state index contributed by atoms with van der Waals surface area (Å²) in [5.74, 6) is -0.128. The third kappa shape index (κ3) is 13.2. The van der Waals surface area contributed by atoms with Crippen molar-refractivity contribution in [2.75, 3.05) is 33.0 Å². The first-order chi connectivity index (χ1) is 10.1. The highest BCUT2D eigenvalue weighted by Crippen LogP contribution is 2.05. The van der Waals surface area contributed by atoms with Crippen LogP contribution in [0.15, 0.2) is 0 Å². The van der Waals surface area contributed by atoms with Crippen LogP contribution in [-0.4, -0.2) is 50.0 Å². The zero-order chi connectivity index (χ0) is 15.9. The van der Waals surface area contributed by atoms with Gasteiger partial charge in [-0.1, -0.05) is 16.3 Å². The Hall–Kier alpha value is -0.200. The van der Waals surface area contributed by atoms with Gasteiger partial charge >= 0.3 is 0 Å². The zero-order valence-electron chi connectivity index (χ0n) is 12.6. The lowest BCUT2D eigenvalue weighted by Gasteiger charge is -2.11. The lowest BCUT2D eigenvalue weighted by atomic mass is 10.1. The number of hydrogen-bond donors (Lipinski definition) is 3. The number of thiol groups is 1. The van der Waals surface area contributed by atoms with E-state index in [-0.39, 0.29) is 23.7 Å². The van der Waals surface area contributed by atoms with Crippen LogP contribution in [0.25, 0.3) is 0 Å². The van der Waals surface area contributed by atoms with Gasteiger partial charge in [0.1, 0.15) is 6.61 Å². The number of hydrogen-bond acceptors (Lipinski definition) is 5. The van der Waals surface area contributed by atoms with Crippen LogP contribution in [0, 0.1) is 0 Å². The van der Waals surface area contributed by atoms with Crippen LogP contribution in [0.2, 0.25) is 0 Å². The predicted octanol–water partition coefficient (Wildman–Crippen LogP) is 0.921. The molecule has 0 saturated heterocycles. The first kappa shape index (κ1) is 20.8. The van der Waals surface area contributed by atoms with E-state index in [9.17, 15) is 9.59 Å². The second-order valence-electron chi connectivity index (χ2n) is 4.57. The van der Waals surface area contributed by atoms with Gasteiger partial charge in [0.05, 0.1) is 19.3 Å². The predicted molar refractivity (Wildman–Crippen MR) is 89.4 cm³/mol. The van der Waals surface area contributed by atoms with E-state index in [1.165, 1.54) is 0 Å². The van der Waals surface area contributed by atoms with Crippen molar-refractivity contribution in [3.8, 4) is 0 Å². The summed E-state index contributed by atoms with van der Waals surface area (Å²) in [4.78, 5) is 22.5. The van der Waals surface area contributed by atoms with Gasteiger partial charge in [-0.25, -0.2) is 0 Å². The summed E-state index contributed by atoms with van der Waals surface area (Å²) in [6.45, 7) is 4.34. The van der Waals surface area contributed by atoms with E-state index >= 15 is 0 Å². The maximum absolute atomic E-state index is 11.4. The third-order valence-corrected chi connectivity index (χ3v) is 3.41. The summed E-state index contributed by atoms with van der Waals surface area (Å²) in [6.07, 6.45) is 3.33. The molecule has 0 heterocycles. The van der Waals surface area contributed by atoms with Gasteiger partial charge in [0.2, 0.25) is 11.0 Å². The number of rotatable bonds is 14. The van der Waals surface area contributed by atoms with Crippen molar-refractivity contribution < 1.29 is 19.1 Å². The summed E-state index contributed by atoms with van der Waals surface area (Å²) in [5, 5.41) is 5.42. The average Bonchev–Trinajstić information content (AvgIpc) is 2.46. The monoisotopic (exact) mass is 338 g/mol. The number of carbonyl (C=O) groups is 2. The molecule has 0 aliphatic rings. The van der Waals surface area contributed by atoms with Gasteiger partial charge in [0, 0.05) is 13.2 Å². The summed E-state index contributed by atoms with van der Waals surface area (Å²) >= 11 is 3.79. The fourth-order valence-electron chi connectivity index (χ4n) is 1.56. The Kier molecular flexibility index (Phi) is 14.6. The fourth-order valence-corrected chi connectivity index (χ4v) is 2.22. The highest BCUT2D eigenvalue weighted by atomic mass is 32.1. The molecular weight excluding hydrogens is 311 g/mol. The van der Waals surface area contributed by atoms with Gasteiger partial charge in [-0.3, -0.25) is 14.7 Å². The smallest absolute Gasteiger partial charge is 0.245 e. The van der Waals surface area contributed by atoms with Crippen molar-refractivity contribution in [2.45, 2.75) is 38.6 Å². The van der Waals surface area contributed by atoms with E-state index in [4.69, 9.17) is 9.47 Å². The third-order valence-electron chi connectivity index (χ3n) is 2.69. The Morgan fingerprint density at radius 1 is 1.19 bits per heavy atom. The fraction of sp³-hybridized carbons (Fsp3) is 0.846. The molecule has 0 spiro atoms. The van der Waals surface area contributed by atoms with Gasteiger partial charge in [-0.05, 0) is 25.7 Å². The van der Waals surface area contributed by atoms with Crippen molar-refractivity contribution in [1.82, 2.24) is 10.4 Å². The first-order valence-electron chi connectivity index (χ1n) is 7.23. The lowest BCUT2D eigenvalue weighted by molar-refractivity contribution is -0.126. The molecular formula is C13H27N2O4PS. The molecule has 0 aromatic rings. The second-order valence-corrected chi connectivity index (χ2v) is 5.34. The Balaban J connectivity index is 3.39. The van der Waals surface area contributed by atoms with Crippen LogP contribution in [-0.2, 0) is 19.1 Å². The number of amides is 1. The number of unbranched alkanes of at least 4 members (excludes halogenated alkanes) is 1. The second kappa shape index (κ2) is 14.7. The van der Waals surface area contributed by atoms with Gasteiger partial charge in [0.25, 0.3) is 0 Å². The average molecular weight is 338 g/mol. The molecule has 0 aliphatic heterocycles. The topological polar surface area (TPSA) is 76.7 Å². The minimum Gasteiger partial charge on any atom is -0.379 e. The van der Waals surface area contributed by atoms with E-state index in [2.05, 4.69) is 32.4 Å². The molecule has 0 rings (SSSR count). The zero-order valence-corrected chi connectivity index (χ0v) is 14.6. The Labute approximate surface area is 134 Å². The van der Waals surface area contributed by atoms with Gasteiger partial charge < -0.3 is 14.8 Å². The summed E-state index contributed by atoms with van der Waals surface area (Å²) < 4.78 is 10.4. The molecule has 0 bridgehead atoms. The van der Waals surface area contributed by atoms with Crippen LogP contribution in [0.1, 0.15) is 32.6 Å². The van der Waals surface area contributed by atoms with Crippen LogP contribution in [0.4, 0.5) is 0 Å². The summed E-state index contributed by atoms with van der Waals surface area (Å²) in [7, 11) is 2.32. The van der Waals surface area contributed by atoms with Crippen LogP contribution >= 0.6 is 22.0 Å². The van der Waals surface area contributed by atoms with Crippen molar-refractivity contribution in [2.24, 2.45) is 0 Å². The molecule has 2 unspecified atom stereocenters. The van der Waals surface area contributed by atoms with Crippen molar-refractivity contribution in [3.05, 3.63) is 0 Å². The van der Waals surface area contributed by atoms with Crippen LogP contribution in [0.5, 0.6) is 0 Å². The molecule has 1 amide bonds. The van der Waals surface area contributed by atoms with E-state index in [0.29, 0.717) is 26.2 Å². The normalized spacial score (nSPS) is 12.1. The highest BCUT2D eigenvalue weighted by molar-refractivity contribution is 7.96. The quantitative estimate of drug-likeness (QED) is 0.249. The molecule has 2 N–H and O–H groups in total. The molecule has 0 aromatic heterocycles. The van der Waals surface area contributed by atoms with Crippen molar-refractivity contribution in [3.63, 3.8) is 0 Å². The maximum atomic E-state index is 11.4. The Morgan fingerprint density at radius 2 is 1.90 bits per heavy atom. The Morgan fingerprint density at radius 3 is 2.52 bits per heavy atom. The van der Waals surface area contributed by atoms with Gasteiger partial charge in [0.15, 0.2) is 0 Å². The largest absolute Gasteiger partial charge is 0.379 e. The molecule has 124 valence electrons. The molecule has 0 saturated carbocycles. The number of carbonyl (C=O) groups excluding carboxylic acids is 2. The Bertz CT molecular complexity index is 295. The molecule has 0 fully saturated rings. The van der Waals surface area contributed by atoms with Gasteiger partial charge in [-0.15, -0.1) is 12.6 Å². The minimum atomic E-state index is -0.250. The molecule has 6 nitrogen and oxygen atoms in total. The first-order valence-corrected chi connectivity index (χ1v) is 8.25. The molecule has 0 radical (unpaired) electrons. The van der Waals surface area contributed by atoms with Crippen LogP contribution < -0.4 is 10.4 Å². The SMILES string of the molecule is CCCOCCOCC(=O)NCCCCC(NP)C(=O)S. The van der Waals surface area contributed by atoms with Crippen LogP contribution in [0.3, 0.4) is 0 Å². The van der Waals surface area contributed by atoms with Crippen molar-refractivity contribution in [1.29, 1.82) is 0 Å². The molecule has 8 heteroatoms. The number of ether oxygens (including phenoxy) is 2. The molecule has 2 atom stereocenters. The van der Waals surface area contributed by atoms with E-state index < -0.39 is 0 Å².